The van der Waals surface area contributed by atoms with E-state index < -0.39 is 5.92 Å². The lowest BCUT2D eigenvalue weighted by molar-refractivity contribution is -0.145. The van der Waals surface area contributed by atoms with Crippen molar-refractivity contribution in [3.05, 3.63) is 68.6 Å². The maximum atomic E-state index is 11.6. The summed E-state index contributed by atoms with van der Waals surface area (Å²) in [5.74, 6) is -1.02. The molecule has 0 N–H and O–H groups in total. The van der Waals surface area contributed by atoms with Gasteiger partial charge in [-0.05, 0) is 49.2 Å². The zero-order chi connectivity index (χ0) is 21.6. The van der Waals surface area contributed by atoms with Crippen LogP contribution in [0.2, 0.25) is 0 Å². The maximum Gasteiger partial charge on any atom is 0.313 e. The number of aldehydes is 1. The van der Waals surface area contributed by atoms with Crippen molar-refractivity contribution >= 4 is 50.1 Å². The molecule has 29 heavy (non-hydrogen) atoms. The number of carbonyl (C=O) groups is 3. The third-order valence-electron chi connectivity index (χ3n) is 3.74. The number of hydrogen-bond donors (Lipinski definition) is 0. The standard InChI is InChI=1S/C12H13BrO3.C10H11BrO2/c1-2-16-12(15)11(7-8-14)9-3-5-10(13)6-4-9;1-2-13-10(12)7-8-3-5-9(11)6-4-8/h3-6,8,11H,2,7H2,1H3;3-6H,2,7H2,1H3. The Morgan fingerprint density at radius 2 is 1.41 bits per heavy atom. The third kappa shape index (κ3) is 9.85. The van der Waals surface area contributed by atoms with Crippen LogP contribution in [-0.4, -0.2) is 31.4 Å². The van der Waals surface area contributed by atoms with E-state index in [2.05, 4.69) is 31.9 Å². The first-order chi connectivity index (χ1) is 13.9. The lowest BCUT2D eigenvalue weighted by Gasteiger charge is -2.13. The molecule has 1 atom stereocenters. The first kappa shape index (κ1) is 25.0. The summed E-state index contributed by atoms with van der Waals surface area (Å²) in [5, 5.41) is 0. The lowest BCUT2D eigenvalue weighted by Crippen LogP contribution is -2.16. The molecule has 0 aliphatic heterocycles. The van der Waals surface area contributed by atoms with Crippen molar-refractivity contribution in [2.45, 2.75) is 32.6 Å². The van der Waals surface area contributed by atoms with E-state index in [9.17, 15) is 14.4 Å². The second-order valence-electron chi connectivity index (χ2n) is 5.87. The minimum Gasteiger partial charge on any atom is -0.466 e. The molecule has 0 saturated heterocycles. The topological polar surface area (TPSA) is 69.7 Å². The van der Waals surface area contributed by atoms with Crippen LogP contribution in [0.4, 0.5) is 0 Å². The normalized spacial score (nSPS) is 10.9. The van der Waals surface area contributed by atoms with Crippen molar-refractivity contribution in [3.63, 3.8) is 0 Å². The van der Waals surface area contributed by atoms with Crippen molar-refractivity contribution in [2.24, 2.45) is 0 Å². The largest absolute Gasteiger partial charge is 0.466 e. The molecule has 0 saturated carbocycles. The molecular formula is C22H24Br2O5. The quantitative estimate of drug-likeness (QED) is 0.347. The first-order valence-electron chi connectivity index (χ1n) is 9.17. The number of halogens is 2. The number of rotatable bonds is 8. The van der Waals surface area contributed by atoms with Crippen LogP contribution in [0, 0.1) is 0 Å². The van der Waals surface area contributed by atoms with E-state index in [0.717, 1.165) is 26.4 Å². The van der Waals surface area contributed by atoms with Gasteiger partial charge in [-0.1, -0.05) is 56.1 Å². The summed E-state index contributed by atoms with van der Waals surface area (Å²) in [5.41, 5.74) is 1.77. The van der Waals surface area contributed by atoms with E-state index in [4.69, 9.17) is 9.47 Å². The van der Waals surface area contributed by atoms with Gasteiger partial charge in [-0.3, -0.25) is 9.59 Å². The number of benzene rings is 2. The summed E-state index contributed by atoms with van der Waals surface area (Å²) in [7, 11) is 0. The van der Waals surface area contributed by atoms with E-state index in [0.29, 0.717) is 19.6 Å². The lowest BCUT2D eigenvalue weighted by atomic mass is 9.96. The highest BCUT2D eigenvalue weighted by atomic mass is 79.9. The second kappa shape index (κ2) is 14.1. The number of esters is 2. The fourth-order valence-electron chi connectivity index (χ4n) is 2.38. The van der Waals surface area contributed by atoms with Gasteiger partial charge in [-0.15, -0.1) is 0 Å². The Kier molecular flexibility index (Phi) is 12.1. The van der Waals surface area contributed by atoms with Crippen LogP contribution in [0.15, 0.2) is 57.5 Å². The Morgan fingerprint density at radius 1 is 0.897 bits per heavy atom. The minimum atomic E-state index is -0.495. The van der Waals surface area contributed by atoms with Crippen LogP contribution >= 0.6 is 31.9 Å². The molecule has 0 aromatic heterocycles. The molecule has 156 valence electrons. The average Bonchev–Trinajstić information content (AvgIpc) is 2.70. The van der Waals surface area contributed by atoms with Gasteiger partial charge in [-0.25, -0.2) is 0 Å². The van der Waals surface area contributed by atoms with Gasteiger partial charge in [0.2, 0.25) is 0 Å². The number of carbonyl (C=O) groups excluding carboxylic acids is 3. The first-order valence-corrected chi connectivity index (χ1v) is 10.8. The summed E-state index contributed by atoms with van der Waals surface area (Å²) in [6.07, 6.45) is 1.24. The highest BCUT2D eigenvalue weighted by Crippen LogP contribution is 2.22. The molecule has 5 nitrogen and oxygen atoms in total. The Bertz CT molecular complexity index is 773. The summed E-state index contributed by atoms with van der Waals surface area (Å²) >= 11 is 6.64. The van der Waals surface area contributed by atoms with Crippen LogP contribution in [0.25, 0.3) is 0 Å². The highest BCUT2D eigenvalue weighted by molar-refractivity contribution is 9.10. The SMILES string of the molecule is CCOC(=O)C(CC=O)c1ccc(Br)cc1.CCOC(=O)Cc1ccc(Br)cc1. The van der Waals surface area contributed by atoms with Crippen LogP contribution in [-0.2, 0) is 30.3 Å². The zero-order valence-electron chi connectivity index (χ0n) is 16.4. The Morgan fingerprint density at radius 3 is 1.90 bits per heavy atom. The molecule has 0 amide bonds. The zero-order valence-corrected chi connectivity index (χ0v) is 19.6. The van der Waals surface area contributed by atoms with Gasteiger partial charge in [0.15, 0.2) is 0 Å². The van der Waals surface area contributed by atoms with Crippen molar-refractivity contribution < 1.29 is 23.9 Å². The molecule has 2 aromatic carbocycles. The molecule has 2 rings (SSSR count). The van der Waals surface area contributed by atoms with Crippen LogP contribution in [0.1, 0.15) is 37.3 Å². The second-order valence-corrected chi connectivity index (χ2v) is 7.70. The van der Waals surface area contributed by atoms with E-state index in [-0.39, 0.29) is 18.4 Å². The third-order valence-corrected chi connectivity index (χ3v) is 4.80. The van der Waals surface area contributed by atoms with Crippen molar-refractivity contribution in [1.82, 2.24) is 0 Å². The molecule has 0 spiro atoms. The van der Waals surface area contributed by atoms with Gasteiger partial charge in [0.25, 0.3) is 0 Å². The molecule has 7 heteroatoms. The van der Waals surface area contributed by atoms with Gasteiger partial charge in [-0.2, -0.15) is 0 Å². The van der Waals surface area contributed by atoms with Crippen LogP contribution in [0.3, 0.4) is 0 Å². The molecule has 0 radical (unpaired) electrons. The van der Waals surface area contributed by atoms with Crippen LogP contribution in [0.5, 0.6) is 0 Å². The fourth-order valence-corrected chi connectivity index (χ4v) is 2.91. The minimum absolute atomic E-state index is 0.153. The van der Waals surface area contributed by atoms with Gasteiger partial charge in [0, 0.05) is 15.4 Å². The Labute approximate surface area is 188 Å². The van der Waals surface area contributed by atoms with Gasteiger partial charge in [0.05, 0.1) is 25.6 Å². The molecule has 0 aliphatic carbocycles. The van der Waals surface area contributed by atoms with Crippen molar-refractivity contribution in [3.8, 4) is 0 Å². The highest BCUT2D eigenvalue weighted by Gasteiger charge is 2.21. The Balaban J connectivity index is 0.000000296. The summed E-state index contributed by atoms with van der Waals surface area (Å²) in [4.78, 5) is 33.2. The van der Waals surface area contributed by atoms with Crippen molar-refractivity contribution in [1.29, 1.82) is 0 Å². The molecular weight excluding hydrogens is 504 g/mol. The smallest absolute Gasteiger partial charge is 0.313 e. The predicted octanol–water partition coefficient (Wildman–Crippen LogP) is 5.24. The molecule has 0 bridgehead atoms. The molecule has 0 fully saturated rings. The summed E-state index contributed by atoms with van der Waals surface area (Å²) < 4.78 is 11.7. The molecule has 0 aliphatic rings. The summed E-state index contributed by atoms with van der Waals surface area (Å²) in [6.45, 7) is 4.32. The van der Waals surface area contributed by atoms with Gasteiger partial charge in [0.1, 0.15) is 6.29 Å². The van der Waals surface area contributed by atoms with Crippen molar-refractivity contribution in [2.75, 3.05) is 13.2 Å². The van der Waals surface area contributed by atoms with Crippen LogP contribution < -0.4 is 0 Å². The fraction of sp³-hybridized carbons (Fsp3) is 0.318. The Hall–Kier alpha value is -1.99. The molecule has 2 aromatic rings. The van der Waals surface area contributed by atoms with E-state index in [1.807, 2.05) is 48.5 Å². The van der Waals surface area contributed by atoms with E-state index >= 15 is 0 Å². The van der Waals surface area contributed by atoms with E-state index in [1.165, 1.54) is 0 Å². The summed E-state index contributed by atoms with van der Waals surface area (Å²) in [6, 6.07) is 14.9. The maximum absolute atomic E-state index is 11.6. The molecule has 0 heterocycles. The average molecular weight is 528 g/mol. The van der Waals surface area contributed by atoms with E-state index in [1.54, 1.807) is 13.8 Å². The molecule has 1 unspecified atom stereocenters. The van der Waals surface area contributed by atoms with Gasteiger partial charge < -0.3 is 14.3 Å². The number of hydrogen-bond acceptors (Lipinski definition) is 5. The van der Waals surface area contributed by atoms with Gasteiger partial charge >= 0.3 is 11.9 Å². The predicted molar refractivity (Wildman–Crippen MR) is 119 cm³/mol. The monoisotopic (exact) mass is 526 g/mol. The number of ether oxygens (including phenoxy) is 2.